The van der Waals surface area contributed by atoms with Gasteiger partial charge in [0.1, 0.15) is 0 Å². The van der Waals surface area contributed by atoms with Crippen LogP contribution in [0.25, 0.3) is 0 Å². The molecule has 0 fully saturated rings. The van der Waals surface area contributed by atoms with Gasteiger partial charge in [-0.1, -0.05) is 39.3 Å². The predicted octanol–water partition coefficient (Wildman–Crippen LogP) is 6.23. The Balaban J connectivity index is 2.93. The number of anilines is 1. The lowest BCUT2D eigenvalue weighted by atomic mass is 9.95. The van der Waals surface area contributed by atoms with Crippen LogP contribution in [0.1, 0.15) is 46.1 Å². The summed E-state index contributed by atoms with van der Waals surface area (Å²) in [6.07, 6.45) is -2.59. The second-order valence-electron chi connectivity index (χ2n) is 6.29. The van der Waals surface area contributed by atoms with Crippen molar-refractivity contribution in [3.8, 4) is 0 Å². The lowest BCUT2D eigenvalue weighted by Gasteiger charge is -2.24. The Labute approximate surface area is 129 Å². The number of hydrogen-bond donors (Lipinski definition) is 1. The first-order valence-corrected chi connectivity index (χ1v) is 7.60. The molecule has 0 unspecified atom stereocenters. The van der Waals surface area contributed by atoms with E-state index in [4.69, 9.17) is 11.6 Å². The van der Waals surface area contributed by atoms with E-state index in [1.165, 1.54) is 6.07 Å². The molecule has 0 spiro atoms. The molecule has 0 bridgehead atoms. The largest absolute Gasteiger partial charge is 0.417 e. The normalized spacial score (nSPS) is 12.5. The van der Waals surface area contributed by atoms with Crippen LogP contribution in [0.4, 0.5) is 18.9 Å². The van der Waals surface area contributed by atoms with Gasteiger partial charge in [-0.05, 0) is 42.9 Å². The third kappa shape index (κ3) is 6.16. The monoisotopic (exact) mass is 321 g/mol. The fourth-order valence-electron chi connectivity index (χ4n) is 2.42. The summed E-state index contributed by atoms with van der Waals surface area (Å²) in [5, 5.41) is 2.96. The highest BCUT2D eigenvalue weighted by molar-refractivity contribution is 6.31. The van der Waals surface area contributed by atoms with E-state index in [2.05, 4.69) is 33.0 Å². The molecule has 21 heavy (non-hydrogen) atoms. The first kappa shape index (κ1) is 18.1. The van der Waals surface area contributed by atoms with Crippen molar-refractivity contribution in [3.63, 3.8) is 0 Å². The molecule has 1 rings (SSSR count). The highest BCUT2D eigenvalue weighted by Crippen LogP contribution is 2.36. The third-order valence-electron chi connectivity index (χ3n) is 3.15. The molecule has 0 heterocycles. The Morgan fingerprint density at radius 3 is 2.00 bits per heavy atom. The van der Waals surface area contributed by atoms with Crippen LogP contribution in [0.2, 0.25) is 5.02 Å². The molecular formula is C16H23ClF3N. The number of nitrogens with one attached hydrogen (secondary N) is 1. The molecule has 1 aromatic rings. The van der Waals surface area contributed by atoms with Crippen molar-refractivity contribution in [2.24, 2.45) is 11.8 Å². The van der Waals surface area contributed by atoms with Crippen LogP contribution in [0.15, 0.2) is 18.2 Å². The summed E-state index contributed by atoms with van der Waals surface area (Å²) in [5.74, 6) is 0.964. The van der Waals surface area contributed by atoms with Crippen molar-refractivity contribution in [1.29, 1.82) is 0 Å². The van der Waals surface area contributed by atoms with Gasteiger partial charge >= 0.3 is 6.18 Å². The van der Waals surface area contributed by atoms with Gasteiger partial charge in [0.15, 0.2) is 0 Å². The van der Waals surface area contributed by atoms with Crippen molar-refractivity contribution in [2.45, 2.75) is 52.8 Å². The predicted molar refractivity (Wildman–Crippen MR) is 82.8 cm³/mol. The topological polar surface area (TPSA) is 12.0 Å². The molecule has 1 aromatic carbocycles. The number of alkyl halides is 3. The van der Waals surface area contributed by atoms with Gasteiger partial charge in [0.05, 0.1) is 10.6 Å². The molecule has 0 aromatic heterocycles. The van der Waals surface area contributed by atoms with Gasteiger partial charge in [-0.25, -0.2) is 0 Å². The van der Waals surface area contributed by atoms with E-state index < -0.39 is 11.7 Å². The summed E-state index contributed by atoms with van der Waals surface area (Å²) in [6, 6.07) is 4.16. The van der Waals surface area contributed by atoms with Crippen molar-refractivity contribution in [1.82, 2.24) is 0 Å². The Kier molecular flexibility index (Phi) is 6.39. The molecule has 0 aliphatic heterocycles. The second kappa shape index (κ2) is 7.39. The van der Waals surface area contributed by atoms with Gasteiger partial charge < -0.3 is 5.32 Å². The number of benzene rings is 1. The van der Waals surface area contributed by atoms with Gasteiger partial charge in [0.25, 0.3) is 0 Å². The van der Waals surface area contributed by atoms with Gasteiger partial charge in [0.2, 0.25) is 0 Å². The molecule has 0 atom stereocenters. The minimum absolute atomic E-state index is 0.159. The maximum atomic E-state index is 12.9. The maximum absolute atomic E-state index is 12.9. The fraction of sp³-hybridized carbons (Fsp3) is 0.625. The Hall–Kier alpha value is -0.900. The zero-order valence-corrected chi connectivity index (χ0v) is 13.6. The summed E-state index contributed by atoms with van der Waals surface area (Å²) < 4.78 is 38.6. The van der Waals surface area contributed by atoms with Crippen LogP contribution in [0, 0.1) is 11.8 Å². The van der Waals surface area contributed by atoms with E-state index in [9.17, 15) is 13.2 Å². The quantitative estimate of drug-likeness (QED) is 0.654. The van der Waals surface area contributed by atoms with E-state index in [1.54, 1.807) is 6.07 Å². The lowest BCUT2D eigenvalue weighted by Crippen LogP contribution is -2.24. The molecule has 0 saturated heterocycles. The molecule has 0 aliphatic carbocycles. The molecule has 0 aliphatic rings. The van der Waals surface area contributed by atoms with Crippen LogP contribution in [0.5, 0.6) is 0 Å². The molecule has 0 amide bonds. The molecule has 120 valence electrons. The lowest BCUT2D eigenvalue weighted by molar-refractivity contribution is -0.137. The van der Waals surface area contributed by atoms with E-state index in [0.717, 1.165) is 18.9 Å². The smallest absolute Gasteiger partial charge is 0.382 e. The first-order valence-electron chi connectivity index (χ1n) is 7.23. The Morgan fingerprint density at radius 2 is 1.57 bits per heavy atom. The minimum Gasteiger partial charge on any atom is -0.382 e. The molecule has 0 saturated carbocycles. The Bertz CT molecular complexity index is 445. The second-order valence-corrected chi connectivity index (χ2v) is 6.70. The van der Waals surface area contributed by atoms with Crippen molar-refractivity contribution >= 4 is 17.3 Å². The zero-order valence-electron chi connectivity index (χ0n) is 12.9. The molecule has 1 nitrogen and oxygen atoms in total. The highest BCUT2D eigenvalue weighted by atomic mass is 35.5. The van der Waals surface area contributed by atoms with Gasteiger partial charge in [-0.15, -0.1) is 0 Å². The first-order chi connectivity index (χ1) is 9.59. The Morgan fingerprint density at radius 1 is 1.05 bits per heavy atom. The van der Waals surface area contributed by atoms with E-state index >= 15 is 0 Å². The maximum Gasteiger partial charge on any atom is 0.417 e. The van der Waals surface area contributed by atoms with Gasteiger partial charge in [-0.2, -0.15) is 13.2 Å². The minimum atomic E-state index is -4.43. The van der Waals surface area contributed by atoms with E-state index in [-0.39, 0.29) is 11.1 Å². The number of hydrogen-bond acceptors (Lipinski definition) is 1. The van der Waals surface area contributed by atoms with E-state index in [1.807, 2.05) is 0 Å². The van der Waals surface area contributed by atoms with Gasteiger partial charge in [0, 0.05) is 11.7 Å². The highest BCUT2D eigenvalue weighted by Gasteiger charge is 2.33. The number of rotatable bonds is 6. The van der Waals surface area contributed by atoms with Crippen LogP contribution in [0.3, 0.4) is 0 Å². The summed E-state index contributed by atoms with van der Waals surface area (Å²) in [7, 11) is 0. The third-order valence-corrected chi connectivity index (χ3v) is 3.48. The average Bonchev–Trinajstić information content (AvgIpc) is 2.28. The summed E-state index contributed by atoms with van der Waals surface area (Å²) in [6.45, 7) is 8.44. The van der Waals surface area contributed by atoms with Crippen LogP contribution in [-0.4, -0.2) is 6.04 Å². The molecular weight excluding hydrogens is 299 g/mol. The summed E-state index contributed by atoms with van der Waals surface area (Å²) in [4.78, 5) is 0. The van der Waals surface area contributed by atoms with E-state index in [0.29, 0.717) is 17.5 Å². The SMILES string of the molecule is CC(C)CC(CC(C)C)Nc1ccc(Cl)c(C(F)(F)F)c1. The van der Waals surface area contributed by atoms with Crippen molar-refractivity contribution in [3.05, 3.63) is 28.8 Å². The van der Waals surface area contributed by atoms with Crippen molar-refractivity contribution < 1.29 is 13.2 Å². The van der Waals surface area contributed by atoms with Crippen LogP contribution < -0.4 is 5.32 Å². The average molecular weight is 322 g/mol. The zero-order chi connectivity index (χ0) is 16.2. The summed E-state index contributed by atoms with van der Waals surface area (Å²) in [5.41, 5.74) is -0.319. The fourth-order valence-corrected chi connectivity index (χ4v) is 2.64. The molecule has 1 N–H and O–H groups in total. The van der Waals surface area contributed by atoms with Crippen LogP contribution >= 0.6 is 11.6 Å². The van der Waals surface area contributed by atoms with Crippen LogP contribution in [-0.2, 0) is 6.18 Å². The van der Waals surface area contributed by atoms with Gasteiger partial charge in [-0.3, -0.25) is 0 Å². The molecule has 0 radical (unpaired) electrons. The van der Waals surface area contributed by atoms with Crippen molar-refractivity contribution in [2.75, 3.05) is 5.32 Å². The summed E-state index contributed by atoms with van der Waals surface area (Å²) >= 11 is 5.64. The standard InChI is InChI=1S/C16H23ClF3N/c1-10(2)7-13(8-11(3)4)21-12-5-6-15(17)14(9-12)16(18,19)20/h5-6,9-11,13,21H,7-8H2,1-4H3. The number of halogens is 4. The molecule has 5 heteroatoms.